The molecule has 0 aliphatic rings. The average Bonchev–Trinajstić information content (AvgIpc) is 2.97. The lowest BCUT2D eigenvalue weighted by atomic mass is 10.1. The molecule has 1 aromatic heterocycles. The topological polar surface area (TPSA) is 46.4 Å². The summed E-state index contributed by atoms with van der Waals surface area (Å²) in [5.41, 5.74) is 9.48. The SMILES string of the molecule is Cc1cccc(-n2c(C)cc(/C=N\NC(=O)CSc3ccc(Cl)cc3)c2C)c1C. The number of hydrogen-bond acceptors (Lipinski definition) is 3. The van der Waals surface area contributed by atoms with Crippen molar-refractivity contribution < 1.29 is 4.79 Å². The van der Waals surface area contributed by atoms with Gasteiger partial charge in [0.25, 0.3) is 0 Å². The molecule has 0 unspecified atom stereocenters. The van der Waals surface area contributed by atoms with Crippen molar-refractivity contribution in [3.8, 4) is 5.69 Å². The number of rotatable bonds is 6. The molecule has 29 heavy (non-hydrogen) atoms. The molecule has 4 nitrogen and oxygen atoms in total. The molecular formula is C23H24ClN3OS. The number of amides is 1. The van der Waals surface area contributed by atoms with Gasteiger partial charge in [0.2, 0.25) is 5.91 Å². The predicted molar refractivity (Wildman–Crippen MR) is 123 cm³/mol. The fraction of sp³-hybridized carbons (Fsp3) is 0.217. The molecule has 0 saturated carbocycles. The van der Waals surface area contributed by atoms with Crippen molar-refractivity contribution in [1.82, 2.24) is 9.99 Å². The van der Waals surface area contributed by atoms with Gasteiger partial charge in [-0.25, -0.2) is 5.43 Å². The maximum absolute atomic E-state index is 12.1. The van der Waals surface area contributed by atoms with Crippen LogP contribution in [-0.4, -0.2) is 22.4 Å². The van der Waals surface area contributed by atoms with Crippen LogP contribution < -0.4 is 5.43 Å². The molecule has 1 N–H and O–H groups in total. The molecule has 150 valence electrons. The second-order valence-electron chi connectivity index (χ2n) is 6.92. The van der Waals surface area contributed by atoms with E-state index in [1.165, 1.54) is 28.6 Å². The monoisotopic (exact) mass is 425 g/mol. The molecule has 0 saturated heterocycles. The molecule has 0 atom stereocenters. The summed E-state index contributed by atoms with van der Waals surface area (Å²) < 4.78 is 2.22. The Morgan fingerprint density at radius 1 is 1.14 bits per heavy atom. The molecule has 1 amide bonds. The minimum Gasteiger partial charge on any atom is -0.318 e. The van der Waals surface area contributed by atoms with Crippen molar-refractivity contribution in [3.63, 3.8) is 0 Å². The molecule has 0 aliphatic carbocycles. The number of aryl methyl sites for hydroxylation is 2. The van der Waals surface area contributed by atoms with Gasteiger partial charge in [-0.15, -0.1) is 11.8 Å². The number of hydrogen-bond donors (Lipinski definition) is 1. The highest BCUT2D eigenvalue weighted by molar-refractivity contribution is 8.00. The van der Waals surface area contributed by atoms with Crippen LogP contribution in [-0.2, 0) is 4.79 Å². The summed E-state index contributed by atoms with van der Waals surface area (Å²) in [5.74, 6) is 0.144. The highest BCUT2D eigenvalue weighted by Gasteiger charge is 2.12. The number of carbonyl (C=O) groups excluding carboxylic acids is 1. The summed E-state index contributed by atoms with van der Waals surface area (Å²) in [6.07, 6.45) is 1.70. The molecule has 3 aromatic rings. The number of nitrogens with one attached hydrogen (secondary N) is 1. The van der Waals surface area contributed by atoms with Gasteiger partial charge in [-0.1, -0.05) is 23.7 Å². The van der Waals surface area contributed by atoms with E-state index in [0.29, 0.717) is 10.8 Å². The third kappa shape index (κ3) is 5.11. The van der Waals surface area contributed by atoms with E-state index in [0.717, 1.165) is 21.8 Å². The standard InChI is InChI=1S/C23H24ClN3OS/c1-15-6-5-7-22(17(15)3)27-16(2)12-19(18(27)4)13-25-26-23(28)14-29-21-10-8-20(24)9-11-21/h5-13H,14H2,1-4H3,(H,26,28)/b25-13-. The molecule has 3 rings (SSSR count). The fourth-order valence-corrected chi connectivity index (χ4v) is 3.97. The van der Waals surface area contributed by atoms with Gasteiger partial charge in [-0.3, -0.25) is 4.79 Å². The first kappa shape index (κ1) is 21.2. The van der Waals surface area contributed by atoms with Crippen LogP contribution in [0.3, 0.4) is 0 Å². The minimum atomic E-state index is -0.149. The van der Waals surface area contributed by atoms with Crippen molar-refractivity contribution in [2.75, 3.05) is 5.75 Å². The highest BCUT2D eigenvalue weighted by atomic mass is 35.5. The summed E-state index contributed by atoms with van der Waals surface area (Å²) in [6.45, 7) is 8.39. The van der Waals surface area contributed by atoms with Crippen LogP contribution in [0.1, 0.15) is 28.1 Å². The van der Waals surface area contributed by atoms with Crippen LogP contribution in [0.25, 0.3) is 5.69 Å². The summed E-state index contributed by atoms with van der Waals surface area (Å²) in [5, 5.41) is 4.83. The third-order valence-electron chi connectivity index (χ3n) is 4.86. The van der Waals surface area contributed by atoms with Gasteiger partial charge in [-0.05, 0) is 75.2 Å². The summed E-state index contributed by atoms with van der Waals surface area (Å²) >= 11 is 7.32. The summed E-state index contributed by atoms with van der Waals surface area (Å²) in [7, 11) is 0. The van der Waals surface area contributed by atoms with Gasteiger partial charge in [0.1, 0.15) is 0 Å². The Kier molecular flexibility index (Phi) is 6.83. The zero-order valence-electron chi connectivity index (χ0n) is 17.0. The molecule has 0 spiro atoms. The lowest BCUT2D eigenvalue weighted by Crippen LogP contribution is -2.19. The van der Waals surface area contributed by atoms with Crippen LogP contribution in [0.2, 0.25) is 5.02 Å². The van der Waals surface area contributed by atoms with Gasteiger partial charge >= 0.3 is 0 Å². The largest absolute Gasteiger partial charge is 0.318 e. The molecule has 0 fully saturated rings. The number of hydrazone groups is 1. The van der Waals surface area contributed by atoms with Gasteiger partial charge in [0.05, 0.1) is 12.0 Å². The highest BCUT2D eigenvalue weighted by Crippen LogP contribution is 2.24. The zero-order chi connectivity index (χ0) is 21.0. The van der Waals surface area contributed by atoms with E-state index in [2.05, 4.69) is 67.1 Å². The van der Waals surface area contributed by atoms with Gasteiger partial charge in [-0.2, -0.15) is 5.10 Å². The van der Waals surface area contributed by atoms with Crippen LogP contribution in [0.4, 0.5) is 0 Å². The van der Waals surface area contributed by atoms with Crippen molar-refractivity contribution >= 4 is 35.5 Å². The molecule has 6 heteroatoms. The van der Waals surface area contributed by atoms with E-state index in [4.69, 9.17) is 11.6 Å². The van der Waals surface area contributed by atoms with Crippen LogP contribution in [0, 0.1) is 27.7 Å². The zero-order valence-corrected chi connectivity index (χ0v) is 18.6. The predicted octanol–water partition coefficient (Wildman–Crippen LogP) is 5.61. The second-order valence-corrected chi connectivity index (χ2v) is 8.40. The Hall–Kier alpha value is -2.50. The van der Waals surface area contributed by atoms with Crippen LogP contribution in [0.15, 0.2) is 58.5 Å². The normalized spacial score (nSPS) is 11.2. The quantitative estimate of drug-likeness (QED) is 0.317. The Labute approximate surface area is 181 Å². The lowest BCUT2D eigenvalue weighted by molar-refractivity contribution is -0.118. The van der Waals surface area contributed by atoms with E-state index in [-0.39, 0.29) is 5.91 Å². The van der Waals surface area contributed by atoms with Crippen LogP contribution in [0.5, 0.6) is 0 Å². The lowest BCUT2D eigenvalue weighted by Gasteiger charge is -2.14. The van der Waals surface area contributed by atoms with Crippen molar-refractivity contribution in [2.45, 2.75) is 32.6 Å². The number of thioether (sulfide) groups is 1. The van der Waals surface area contributed by atoms with E-state index in [9.17, 15) is 4.79 Å². The van der Waals surface area contributed by atoms with Crippen molar-refractivity contribution in [2.24, 2.45) is 5.10 Å². The van der Waals surface area contributed by atoms with Crippen LogP contribution >= 0.6 is 23.4 Å². The molecule has 2 aromatic carbocycles. The summed E-state index contributed by atoms with van der Waals surface area (Å²) in [4.78, 5) is 13.0. The number of nitrogens with zero attached hydrogens (tertiary/aromatic N) is 2. The third-order valence-corrected chi connectivity index (χ3v) is 6.13. The molecule has 1 heterocycles. The maximum atomic E-state index is 12.1. The Morgan fingerprint density at radius 2 is 1.86 bits per heavy atom. The minimum absolute atomic E-state index is 0.149. The maximum Gasteiger partial charge on any atom is 0.250 e. The van der Waals surface area contributed by atoms with E-state index >= 15 is 0 Å². The second kappa shape index (κ2) is 9.33. The molecule has 0 radical (unpaired) electrons. The number of benzene rings is 2. The Balaban J connectivity index is 1.66. The van der Waals surface area contributed by atoms with Crippen molar-refractivity contribution in [1.29, 1.82) is 0 Å². The Bertz CT molecular complexity index is 1050. The molecule has 0 aliphatic heterocycles. The van der Waals surface area contributed by atoms with E-state index in [1.807, 2.05) is 24.3 Å². The van der Waals surface area contributed by atoms with Gasteiger partial charge in [0.15, 0.2) is 0 Å². The first-order valence-electron chi connectivity index (χ1n) is 9.32. The van der Waals surface area contributed by atoms with E-state index in [1.54, 1.807) is 6.21 Å². The van der Waals surface area contributed by atoms with Gasteiger partial charge < -0.3 is 4.57 Å². The smallest absolute Gasteiger partial charge is 0.250 e. The first-order valence-corrected chi connectivity index (χ1v) is 10.7. The molecular weight excluding hydrogens is 402 g/mol. The van der Waals surface area contributed by atoms with Crippen molar-refractivity contribution in [3.05, 3.63) is 81.6 Å². The number of carbonyl (C=O) groups is 1. The molecule has 0 bridgehead atoms. The van der Waals surface area contributed by atoms with E-state index < -0.39 is 0 Å². The summed E-state index contributed by atoms with van der Waals surface area (Å²) in [6, 6.07) is 15.8. The fourth-order valence-electron chi connectivity index (χ4n) is 3.15. The van der Waals surface area contributed by atoms with Gasteiger partial charge in [0, 0.05) is 32.6 Å². The first-order chi connectivity index (χ1) is 13.9. The number of aromatic nitrogens is 1. The Morgan fingerprint density at radius 3 is 2.59 bits per heavy atom. The number of halogens is 1. The average molecular weight is 426 g/mol.